The van der Waals surface area contributed by atoms with Gasteiger partial charge in [0.15, 0.2) is 6.10 Å². The van der Waals surface area contributed by atoms with Gasteiger partial charge in [0.25, 0.3) is 0 Å². The second-order valence-corrected chi connectivity index (χ2v) is 15.3. The Kier molecular flexibility index (Phi) is 38.4. The van der Waals surface area contributed by atoms with Gasteiger partial charge in [-0.25, -0.2) is 4.57 Å². The first-order valence-corrected chi connectivity index (χ1v) is 23.0. The van der Waals surface area contributed by atoms with E-state index in [4.69, 9.17) is 19.1 Å². The molecular formula is C48H73O13P. The van der Waals surface area contributed by atoms with Crippen LogP contribution in [-0.4, -0.2) is 99.3 Å². The van der Waals surface area contributed by atoms with Gasteiger partial charge >= 0.3 is 19.8 Å². The molecule has 348 valence electrons. The Morgan fingerprint density at radius 1 is 0.597 bits per heavy atom. The monoisotopic (exact) mass is 888 g/mol. The summed E-state index contributed by atoms with van der Waals surface area (Å²) in [7, 11) is -4.74. The predicted octanol–water partition coefficient (Wildman–Crippen LogP) is 8.24. The fourth-order valence-corrected chi connectivity index (χ4v) is 5.56. The van der Waals surface area contributed by atoms with Crippen LogP contribution in [0.4, 0.5) is 0 Å². The molecule has 0 aliphatic heterocycles. The minimum Gasteiger partial charge on any atom is -0.462 e. The first-order valence-electron chi connectivity index (χ1n) is 21.5. The average molecular weight is 889 g/mol. The number of phosphoric ester groups is 1. The van der Waals surface area contributed by atoms with Crippen molar-refractivity contribution in [1.29, 1.82) is 0 Å². The minimum atomic E-state index is -4.74. The van der Waals surface area contributed by atoms with Gasteiger partial charge in [-0.15, -0.1) is 0 Å². The number of aliphatic hydroxyl groups is 5. The zero-order valence-electron chi connectivity index (χ0n) is 36.6. The van der Waals surface area contributed by atoms with Crippen LogP contribution in [0.15, 0.2) is 134 Å². The lowest BCUT2D eigenvalue weighted by atomic mass is 10.1. The number of allylic oxidation sites excluding steroid dienone is 19. The average Bonchev–Trinajstić information content (AvgIpc) is 3.25. The van der Waals surface area contributed by atoms with Gasteiger partial charge in [-0.3, -0.25) is 18.6 Å². The van der Waals surface area contributed by atoms with Crippen molar-refractivity contribution >= 4 is 19.8 Å². The van der Waals surface area contributed by atoms with Gasteiger partial charge in [0, 0.05) is 12.8 Å². The van der Waals surface area contributed by atoms with Crippen LogP contribution in [0.25, 0.3) is 0 Å². The van der Waals surface area contributed by atoms with Gasteiger partial charge in [0.1, 0.15) is 12.7 Å². The summed E-state index contributed by atoms with van der Waals surface area (Å²) in [6.07, 6.45) is 43.7. The lowest BCUT2D eigenvalue weighted by Crippen LogP contribution is -2.30. The maximum absolute atomic E-state index is 12.6. The largest absolute Gasteiger partial charge is 0.472 e. The van der Waals surface area contributed by atoms with Gasteiger partial charge in [-0.05, 0) is 70.6 Å². The summed E-state index contributed by atoms with van der Waals surface area (Å²) in [4.78, 5) is 35.0. The number of aliphatic hydroxyl groups excluding tert-OH is 5. The van der Waals surface area contributed by atoms with Gasteiger partial charge in [0.2, 0.25) is 0 Å². The summed E-state index contributed by atoms with van der Waals surface area (Å²) < 4.78 is 32.4. The Labute approximate surface area is 369 Å². The van der Waals surface area contributed by atoms with Crippen LogP contribution in [0.3, 0.4) is 0 Å². The van der Waals surface area contributed by atoms with Crippen LogP contribution in [0.1, 0.15) is 97.3 Å². The smallest absolute Gasteiger partial charge is 0.462 e. The molecule has 14 heteroatoms. The highest BCUT2D eigenvalue weighted by Gasteiger charge is 2.27. The Bertz CT molecular complexity index is 1540. The van der Waals surface area contributed by atoms with Gasteiger partial charge in [-0.2, -0.15) is 0 Å². The Hall–Kier alpha value is -4.01. The van der Waals surface area contributed by atoms with E-state index in [-0.39, 0.29) is 25.7 Å². The number of phosphoric acid groups is 1. The molecule has 0 heterocycles. The summed E-state index contributed by atoms with van der Waals surface area (Å²) in [6.45, 7) is 1.55. The van der Waals surface area contributed by atoms with E-state index in [9.17, 15) is 39.5 Å². The van der Waals surface area contributed by atoms with E-state index in [1.165, 1.54) is 6.08 Å². The standard InChI is InChI=1S/C48H73O13P/c1-3-5-7-8-9-10-11-12-13-14-15-16-17-18-19-20-21-26-30-36-47(54)58-40-44(41-60-62(56,57)59-39-43(51)38-49)61-48(55)37-31-35-46(53)45(52)34-29-25-23-22-24-28-33-42(50)32-27-6-4-2/h5-7,9-10,12-13,15-16,18-19,21-29,33-34,42-46,49-53H,3-4,8,11,14,17,20,30-32,35-41H2,1-2H3,(H,56,57)/b7-5-,10-9-,13-12-,16-15-,19-18-,24-22+,25-23-,26-21-,27-6-,33-28+,34-29-/t42-,43-,44+,45+,46+/m0/s1. The molecule has 0 aromatic heterocycles. The molecule has 62 heavy (non-hydrogen) atoms. The summed E-state index contributed by atoms with van der Waals surface area (Å²) in [6, 6.07) is 0. The number of hydrogen-bond donors (Lipinski definition) is 6. The molecule has 0 radical (unpaired) electrons. The normalized spacial score (nSPS) is 16.6. The van der Waals surface area contributed by atoms with E-state index < -0.39 is 76.7 Å². The molecule has 0 saturated heterocycles. The zero-order valence-corrected chi connectivity index (χ0v) is 37.5. The topological polar surface area (TPSA) is 210 Å². The lowest BCUT2D eigenvalue weighted by molar-refractivity contribution is -0.161. The molecule has 0 aromatic carbocycles. The second kappa shape index (κ2) is 41.0. The molecule has 0 aromatic rings. The number of esters is 2. The maximum Gasteiger partial charge on any atom is 0.472 e. The molecule has 13 nitrogen and oxygen atoms in total. The van der Waals surface area contributed by atoms with Crippen molar-refractivity contribution in [1.82, 2.24) is 0 Å². The molecule has 1 unspecified atom stereocenters. The van der Waals surface area contributed by atoms with Gasteiger partial charge in [0.05, 0.1) is 38.1 Å². The van der Waals surface area contributed by atoms with Crippen molar-refractivity contribution in [3.63, 3.8) is 0 Å². The van der Waals surface area contributed by atoms with E-state index >= 15 is 0 Å². The van der Waals surface area contributed by atoms with Crippen molar-refractivity contribution in [3.8, 4) is 0 Å². The van der Waals surface area contributed by atoms with Crippen LogP contribution >= 0.6 is 7.82 Å². The quantitative estimate of drug-likeness (QED) is 0.0151. The molecule has 0 aliphatic rings. The molecule has 0 saturated carbocycles. The molecule has 6 N–H and O–H groups in total. The van der Waals surface area contributed by atoms with Crippen LogP contribution in [0, 0.1) is 0 Å². The summed E-state index contributed by atoms with van der Waals surface area (Å²) in [5.41, 5.74) is 0. The Morgan fingerprint density at radius 3 is 1.66 bits per heavy atom. The number of carbonyl (C=O) groups is 2. The van der Waals surface area contributed by atoms with Crippen LogP contribution in [0.2, 0.25) is 0 Å². The van der Waals surface area contributed by atoms with E-state index in [1.807, 2.05) is 37.3 Å². The number of carbonyl (C=O) groups excluding carboxylic acids is 2. The molecular weight excluding hydrogens is 815 g/mol. The molecule has 0 spiro atoms. The minimum absolute atomic E-state index is 0.0330. The first kappa shape index (κ1) is 58.0. The highest BCUT2D eigenvalue weighted by atomic mass is 31.2. The van der Waals surface area contributed by atoms with Crippen LogP contribution in [-0.2, 0) is 32.7 Å². The Morgan fingerprint density at radius 2 is 1.10 bits per heavy atom. The molecule has 6 atom stereocenters. The van der Waals surface area contributed by atoms with E-state index in [0.29, 0.717) is 19.3 Å². The Balaban J connectivity index is 4.78. The maximum atomic E-state index is 12.6. The number of rotatable bonds is 37. The fraction of sp³-hybridized carbons (Fsp3) is 0.500. The molecule has 0 aliphatic carbocycles. The third kappa shape index (κ3) is 38.9. The van der Waals surface area contributed by atoms with Gasteiger partial charge in [-0.1, -0.05) is 148 Å². The number of ether oxygens (including phenoxy) is 2. The van der Waals surface area contributed by atoms with Crippen molar-refractivity contribution < 1.29 is 63.1 Å². The summed E-state index contributed by atoms with van der Waals surface area (Å²) in [5, 5.41) is 48.8. The summed E-state index contributed by atoms with van der Waals surface area (Å²) in [5.74, 6) is -1.37. The molecule has 0 bridgehead atoms. The molecule has 0 amide bonds. The van der Waals surface area contributed by atoms with Crippen molar-refractivity contribution in [2.45, 2.75) is 128 Å². The van der Waals surface area contributed by atoms with E-state index in [1.54, 1.807) is 42.5 Å². The SMILES string of the molecule is CC/C=C\C/C=C\C/C=C\C/C=C\C/C=C\C/C=C\CCC(=O)OC[C@H](COP(=O)(O)OC[C@@H](O)CO)OC(=O)CCC[C@@H](O)[C@H](O)\C=C/C=C\C=C\C=C\[C@@H](O)C/C=C\CC. The van der Waals surface area contributed by atoms with Crippen molar-refractivity contribution in [2.75, 3.05) is 26.4 Å². The van der Waals surface area contributed by atoms with Gasteiger partial charge < -0.3 is 39.9 Å². The zero-order chi connectivity index (χ0) is 45.9. The van der Waals surface area contributed by atoms with E-state index in [0.717, 1.165) is 38.5 Å². The third-order valence-corrected chi connectivity index (χ3v) is 9.11. The first-order chi connectivity index (χ1) is 29.9. The molecule has 0 rings (SSSR count). The highest BCUT2D eigenvalue weighted by Crippen LogP contribution is 2.43. The van der Waals surface area contributed by atoms with Crippen LogP contribution in [0.5, 0.6) is 0 Å². The van der Waals surface area contributed by atoms with E-state index in [2.05, 4.69) is 66.1 Å². The third-order valence-electron chi connectivity index (χ3n) is 8.16. The lowest BCUT2D eigenvalue weighted by Gasteiger charge is -2.20. The van der Waals surface area contributed by atoms with Crippen LogP contribution < -0.4 is 0 Å². The predicted molar refractivity (Wildman–Crippen MR) is 246 cm³/mol. The number of hydrogen-bond acceptors (Lipinski definition) is 12. The fourth-order valence-electron chi connectivity index (χ4n) is 4.77. The highest BCUT2D eigenvalue weighted by molar-refractivity contribution is 7.47. The summed E-state index contributed by atoms with van der Waals surface area (Å²) >= 11 is 0. The second-order valence-electron chi connectivity index (χ2n) is 13.8. The molecule has 0 fully saturated rings. The van der Waals surface area contributed by atoms with Crippen molar-refractivity contribution in [2.24, 2.45) is 0 Å². The van der Waals surface area contributed by atoms with Crippen molar-refractivity contribution in [3.05, 3.63) is 134 Å².